The Hall–Kier alpha value is -3.97. The number of ether oxygens (including phenoxy) is 4. The summed E-state index contributed by atoms with van der Waals surface area (Å²) in [5, 5.41) is 21.0. The fraction of sp³-hybridized carbons (Fsp3) is 0.258. The van der Waals surface area contributed by atoms with Gasteiger partial charge in [-0.15, -0.1) is 0 Å². The van der Waals surface area contributed by atoms with E-state index in [2.05, 4.69) is 37.1 Å². The van der Waals surface area contributed by atoms with Crippen molar-refractivity contribution in [2.45, 2.75) is 32.7 Å². The van der Waals surface area contributed by atoms with E-state index in [1.807, 2.05) is 18.2 Å². The first-order chi connectivity index (χ1) is 21.6. The van der Waals surface area contributed by atoms with Crippen molar-refractivity contribution in [3.8, 4) is 17.2 Å². The quantitative estimate of drug-likeness (QED) is 0.0746. The van der Waals surface area contributed by atoms with Crippen molar-refractivity contribution >= 4 is 57.3 Å². The molecule has 238 valence electrons. The van der Waals surface area contributed by atoms with Gasteiger partial charge < -0.3 is 34.7 Å². The number of urea groups is 1. The van der Waals surface area contributed by atoms with Gasteiger partial charge in [0, 0.05) is 21.3 Å². The van der Waals surface area contributed by atoms with Gasteiger partial charge in [0.15, 0.2) is 17.7 Å². The molecule has 0 saturated heterocycles. The van der Waals surface area contributed by atoms with E-state index in [9.17, 15) is 14.7 Å². The molecule has 14 heteroatoms. The van der Waals surface area contributed by atoms with Crippen LogP contribution in [-0.4, -0.2) is 49.9 Å². The second-order valence-electron chi connectivity index (χ2n) is 9.64. The lowest BCUT2D eigenvalue weighted by Crippen LogP contribution is -2.45. The lowest BCUT2D eigenvalue weighted by atomic mass is 9.95. The molecule has 2 amide bonds. The molecule has 3 aromatic carbocycles. The van der Waals surface area contributed by atoms with Gasteiger partial charge in [0.1, 0.15) is 19.0 Å². The molecule has 0 aliphatic carbocycles. The first-order valence-electron chi connectivity index (χ1n) is 13.7. The average molecular weight is 722 g/mol. The molecule has 0 saturated carbocycles. The lowest BCUT2D eigenvalue weighted by Gasteiger charge is -2.28. The molecule has 11 nitrogen and oxygen atoms in total. The summed E-state index contributed by atoms with van der Waals surface area (Å²) in [7, 11) is 1.27. The Balaban J connectivity index is 1.43. The molecule has 45 heavy (non-hydrogen) atoms. The Labute approximate surface area is 278 Å². The highest BCUT2D eigenvalue weighted by Gasteiger charge is 2.32. The predicted molar refractivity (Wildman–Crippen MR) is 174 cm³/mol. The Morgan fingerprint density at radius 1 is 1.11 bits per heavy atom. The normalized spacial score (nSPS) is 15.3. The van der Waals surface area contributed by atoms with Crippen molar-refractivity contribution in [3.05, 3.63) is 97.1 Å². The first-order valence-corrected chi connectivity index (χ1v) is 15.2. The number of esters is 1. The fourth-order valence-electron chi connectivity index (χ4n) is 4.43. The van der Waals surface area contributed by atoms with Crippen molar-refractivity contribution in [2.75, 3.05) is 20.3 Å². The van der Waals surface area contributed by atoms with Crippen LogP contribution >= 0.6 is 39.1 Å². The molecule has 2 atom stereocenters. The molecular formula is C31H31BrCl2N4O7. The SMILES string of the molecule is CCOc1cc([C@H]2NC(=O)NC(C)=C2C(=O)OC)ccc1OC[C@@H](O)N/N=C/c1cc(Cl)cc(Br)c1OCc1cccc(Cl)c1. The summed E-state index contributed by atoms with van der Waals surface area (Å²) in [5.74, 6) is 0.609. The van der Waals surface area contributed by atoms with Gasteiger partial charge >= 0.3 is 12.0 Å². The summed E-state index contributed by atoms with van der Waals surface area (Å²) in [6.07, 6.45) is 0.268. The number of amides is 2. The van der Waals surface area contributed by atoms with Crippen LogP contribution in [0.25, 0.3) is 0 Å². The molecule has 1 heterocycles. The molecular weight excluding hydrogens is 691 g/mol. The molecule has 0 fully saturated rings. The van der Waals surface area contributed by atoms with Crippen LogP contribution in [0.5, 0.6) is 17.2 Å². The predicted octanol–water partition coefficient (Wildman–Crippen LogP) is 5.86. The second-order valence-corrected chi connectivity index (χ2v) is 11.4. The lowest BCUT2D eigenvalue weighted by molar-refractivity contribution is -0.136. The molecule has 0 radical (unpaired) electrons. The third-order valence-electron chi connectivity index (χ3n) is 6.41. The molecule has 0 spiro atoms. The monoisotopic (exact) mass is 720 g/mol. The van der Waals surface area contributed by atoms with E-state index >= 15 is 0 Å². The van der Waals surface area contributed by atoms with Crippen LogP contribution in [0.3, 0.4) is 0 Å². The van der Waals surface area contributed by atoms with E-state index in [1.54, 1.807) is 50.2 Å². The number of hydrogen-bond acceptors (Lipinski definition) is 9. The van der Waals surface area contributed by atoms with Crippen LogP contribution in [0.4, 0.5) is 4.79 Å². The van der Waals surface area contributed by atoms with Crippen molar-refractivity contribution in [3.63, 3.8) is 0 Å². The number of hydrazone groups is 1. The zero-order valence-corrected chi connectivity index (χ0v) is 27.6. The van der Waals surface area contributed by atoms with Gasteiger partial charge in [-0.1, -0.05) is 41.4 Å². The van der Waals surface area contributed by atoms with E-state index in [0.29, 0.717) is 55.2 Å². The van der Waals surface area contributed by atoms with Crippen LogP contribution in [0.2, 0.25) is 10.0 Å². The Bertz CT molecular complexity index is 1620. The molecule has 3 aromatic rings. The number of aliphatic hydroxyl groups excluding tert-OH is 1. The van der Waals surface area contributed by atoms with Crippen LogP contribution in [0, 0.1) is 0 Å². The maximum atomic E-state index is 12.5. The Morgan fingerprint density at radius 3 is 2.64 bits per heavy atom. The number of methoxy groups -OCH3 is 1. The van der Waals surface area contributed by atoms with Gasteiger partial charge in [-0.3, -0.25) is 5.43 Å². The molecule has 1 aliphatic rings. The molecule has 0 aromatic heterocycles. The highest BCUT2D eigenvalue weighted by molar-refractivity contribution is 9.10. The molecule has 4 rings (SSSR count). The summed E-state index contributed by atoms with van der Waals surface area (Å²) in [6, 6.07) is 14.5. The summed E-state index contributed by atoms with van der Waals surface area (Å²) >= 11 is 15.8. The van der Waals surface area contributed by atoms with Crippen LogP contribution in [-0.2, 0) is 16.1 Å². The zero-order valence-electron chi connectivity index (χ0n) is 24.5. The van der Waals surface area contributed by atoms with E-state index in [-0.39, 0.29) is 18.8 Å². The van der Waals surface area contributed by atoms with Crippen LogP contribution in [0.15, 0.2) is 75.4 Å². The van der Waals surface area contributed by atoms with Crippen LogP contribution in [0.1, 0.15) is 36.6 Å². The summed E-state index contributed by atoms with van der Waals surface area (Å²) in [4.78, 5) is 24.6. The number of benzene rings is 3. The highest BCUT2D eigenvalue weighted by Crippen LogP contribution is 2.35. The topological polar surface area (TPSA) is 140 Å². The maximum Gasteiger partial charge on any atom is 0.337 e. The summed E-state index contributed by atoms with van der Waals surface area (Å²) in [5.41, 5.74) is 5.27. The van der Waals surface area contributed by atoms with E-state index in [1.165, 1.54) is 13.3 Å². The molecule has 1 aliphatic heterocycles. The summed E-state index contributed by atoms with van der Waals surface area (Å²) < 4.78 is 23.1. The van der Waals surface area contributed by atoms with Gasteiger partial charge in [-0.2, -0.15) is 5.10 Å². The zero-order chi connectivity index (χ0) is 32.5. The number of nitrogens with zero attached hydrogens (tertiary/aromatic N) is 1. The third-order valence-corrected chi connectivity index (χ3v) is 7.45. The summed E-state index contributed by atoms with van der Waals surface area (Å²) in [6.45, 7) is 3.81. The molecule has 0 unspecified atom stereocenters. The van der Waals surface area contributed by atoms with E-state index in [4.69, 9.17) is 42.1 Å². The number of aliphatic hydroxyl groups is 1. The smallest absolute Gasteiger partial charge is 0.337 e. The number of carbonyl (C=O) groups is 2. The van der Waals surface area contributed by atoms with Crippen molar-refractivity contribution < 1.29 is 33.6 Å². The maximum absolute atomic E-state index is 12.5. The Morgan fingerprint density at radius 2 is 1.91 bits per heavy atom. The number of carbonyl (C=O) groups excluding carboxylic acids is 2. The number of rotatable bonds is 13. The standard InChI is InChI=1S/C31H31BrCl2N4O7/c1-4-43-25-12-19(28-27(30(40)42-3)17(2)36-31(41)37-28)8-9-24(25)44-16-26(39)38-35-14-20-11-22(34)13-23(32)29(20)45-15-18-6-5-7-21(33)10-18/h5-14,26,28,38-39H,4,15-16H2,1-3H3,(H2,36,37,41)/b35-14+/t26-,28-/m1/s1. The van der Waals surface area contributed by atoms with Crippen molar-refractivity contribution in [2.24, 2.45) is 5.10 Å². The molecule has 0 bridgehead atoms. The van der Waals surface area contributed by atoms with Gasteiger partial charge in [-0.25, -0.2) is 9.59 Å². The van der Waals surface area contributed by atoms with E-state index < -0.39 is 24.3 Å². The van der Waals surface area contributed by atoms with E-state index in [0.717, 1.165) is 5.56 Å². The van der Waals surface area contributed by atoms with Crippen LogP contribution < -0.4 is 30.3 Å². The second kappa shape index (κ2) is 15.8. The highest BCUT2D eigenvalue weighted by atomic mass is 79.9. The van der Waals surface area contributed by atoms with Crippen molar-refractivity contribution in [1.29, 1.82) is 0 Å². The van der Waals surface area contributed by atoms with Crippen molar-refractivity contribution in [1.82, 2.24) is 16.1 Å². The number of halogens is 3. The number of nitrogens with one attached hydrogen (secondary N) is 3. The minimum Gasteiger partial charge on any atom is -0.490 e. The van der Waals surface area contributed by atoms with Gasteiger partial charge in [0.2, 0.25) is 0 Å². The number of hydrogen-bond donors (Lipinski definition) is 4. The minimum atomic E-state index is -1.20. The largest absolute Gasteiger partial charge is 0.490 e. The van der Waals surface area contributed by atoms with Gasteiger partial charge in [0.05, 0.1) is 36.0 Å². The molecule has 4 N–H and O–H groups in total. The number of allylic oxidation sites excluding steroid dienone is 1. The van der Waals surface area contributed by atoms with Gasteiger partial charge in [0.25, 0.3) is 0 Å². The Kier molecular flexibility index (Phi) is 11.9. The van der Waals surface area contributed by atoms with Gasteiger partial charge in [-0.05, 0) is 77.3 Å². The third kappa shape index (κ3) is 9.04. The fourth-order valence-corrected chi connectivity index (χ4v) is 5.59. The first kappa shape index (κ1) is 33.9. The average Bonchev–Trinajstić information content (AvgIpc) is 2.99. The minimum absolute atomic E-state index is 0.190.